The molecule has 0 aliphatic heterocycles. The molecule has 0 saturated carbocycles. The number of hydrogen-bond acceptors (Lipinski definition) is 3. The molecule has 0 amide bonds. The van der Waals surface area contributed by atoms with Gasteiger partial charge in [-0.15, -0.1) is 11.3 Å². The minimum absolute atomic E-state index is 0.107. The highest BCUT2D eigenvalue weighted by atomic mass is 79.9. The van der Waals surface area contributed by atoms with Gasteiger partial charge in [-0.25, -0.2) is 4.98 Å². The minimum atomic E-state index is -0.628. The van der Waals surface area contributed by atoms with Crippen LogP contribution in [0.4, 0.5) is 0 Å². The van der Waals surface area contributed by atoms with Gasteiger partial charge >= 0.3 is 0 Å². The van der Waals surface area contributed by atoms with Crippen LogP contribution in [0.2, 0.25) is 0 Å². The minimum Gasteiger partial charge on any atom is -0.386 e. The molecular weight excluding hydrogens is 346 g/mol. The van der Waals surface area contributed by atoms with E-state index in [1.165, 1.54) is 11.3 Å². The van der Waals surface area contributed by atoms with Crippen LogP contribution in [-0.2, 0) is 0 Å². The molecule has 0 saturated heterocycles. The van der Waals surface area contributed by atoms with Gasteiger partial charge in [0.25, 0.3) is 0 Å². The predicted molar refractivity (Wildman–Crippen MR) is 89.5 cm³/mol. The van der Waals surface area contributed by atoms with Gasteiger partial charge in [-0.05, 0) is 27.1 Å². The van der Waals surface area contributed by atoms with Gasteiger partial charge in [-0.3, -0.25) is 0 Å². The standard InChI is InChI=1S/C17H14BrNOS/c18-17-16(21-11-19-17)15(20)14(12-7-3-1-4-8-12)13-9-5-2-6-10-13/h1-11,14-15,20H. The number of hydrogen-bond donors (Lipinski definition) is 1. The van der Waals surface area contributed by atoms with E-state index in [1.807, 2.05) is 36.4 Å². The summed E-state index contributed by atoms with van der Waals surface area (Å²) < 4.78 is 0.719. The Morgan fingerprint density at radius 2 is 1.43 bits per heavy atom. The fraction of sp³-hybridized carbons (Fsp3) is 0.118. The molecular formula is C17H14BrNOS. The van der Waals surface area contributed by atoms with Gasteiger partial charge in [0.2, 0.25) is 0 Å². The predicted octanol–water partition coefficient (Wildman–Crippen LogP) is 4.77. The van der Waals surface area contributed by atoms with Gasteiger partial charge in [-0.1, -0.05) is 60.7 Å². The molecule has 3 rings (SSSR count). The monoisotopic (exact) mass is 359 g/mol. The molecule has 1 atom stereocenters. The highest BCUT2D eigenvalue weighted by Gasteiger charge is 2.27. The highest BCUT2D eigenvalue weighted by molar-refractivity contribution is 9.10. The number of aromatic nitrogens is 1. The maximum atomic E-state index is 10.9. The van der Waals surface area contributed by atoms with E-state index in [0.717, 1.165) is 20.6 Å². The summed E-state index contributed by atoms with van der Waals surface area (Å²) in [6.45, 7) is 0. The van der Waals surface area contributed by atoms with E-state index in [9.17, 15) is 5.11 Å². The Morgan fingerprint density at radius 3 is 1.86 bits per heavy atom. The second-order valence-corrected chi connectivity index (χ2v) is 6.39. The number of nitrogens with zero attached hydrogens (tertiary/aromatic N) is 1. The highest BCUT2D eigenvalue weighted by Crippen LogP contribution is 2.40. The molecule has 2 aromatic carbocycles. The van der Waals surface area contributed by atoms with Crippen LogP contribution in [0.3, 0.4) is 0 Å². The summed E-state index contributed by atoms with van der Waals surface area (Å²) in [6, 6.07) is 20.2. The van der Waals surface area contributed by atoms with Crippen LogP contribution < -0.4 is 0 Å². The molecule has 21 heavy (non-hydrogen) atoms. The van der Waals surface area contributed by atoms with Crippen LogP contribution in [0.15, 0.2) is 70.8 Å². The molecule has 0 spiro atoms. The average molecular weight is 360 g/mol. The Hall–Kier alpha value is -1.49. The van der Waals surface area contributed by atoms with Crippen LogP contribution in [0.1, 0.15) is 28.0 Å². The van der Waals surface area contributed by atoms with Crippen LogP contribution in [0, 0.1) is 0 Å². The first-order chi connectivity index (χ1) is 10.3. The Kier molecular flexibility index (Phi) is 4.48. The molecule has 4 heteroatoms. The van der Waals surface area contributed by atoms with Crippen molar-refractivity contribution in [3.63, 3.8) is 0 Å². The van der Waals surface area contributed by atoms with E-state index in [-0.39, 0.29) is 5.92 Å². The van der Waals surface area contributed by atoms with Crippen molar-refractivity contribution in [1.82, 2.24) is 4.98 Å². The quantitative estimate of drug-likeness (QED) is 0.727. The maximum absolute atomic E-state index is 10.9. The molecule has 0 fully saturated rings. The summed E-state index contributed by atoms with van der Waals surface area (Å²) in [5.41, 5.74) is 3.93. The molecule has 2 nitrogen and oxygen atoms in total. The van der Waals surface area contributed by atoms with Crippen molar-refractivity contribution in [3.05, 3.63) is 86.8 Å². The van der Waals surface area contributed by atoms with E-state index in [2.05, 4.69) is 45.2 Å². The molecule has 3 aromatic rings. The zero-order chi connectivity index (χ0) is 14.7. The summed E-state index contributed by atoms with van der Waals surface area (Å²) in [5.74, 6) is -0.107. The number of rotatable bonds is 4. The Labute approximate surface area is 136 Å². The van der Waals surface area contributed by atoms with E-state index < -0.39 is 6.10 Å². The summed E-state index contributed by atoms with van der Waals surface area (Å²) in [6.07, 6.45) is -0.628. The van der Waals surface area contributed by atoms with Gasteiger partial charge in [0.15, 0.2) is 0 Å². The van der Waals surface area contributed by atoms with E-state index in [0.29, 0.717) is 0 Å². The molecule has 1 unspecified atom stereocenters. The molecule has 0 bridgehead atoms. The fourth-order valence-electron chi connectivity index (χ4n) is 2.46. The topological polar surface area (TPSA) is 33.1 Å². The van der Waals surface area contributed by atoms with E-state index in [4.69, 9.17) is 0 Å². The smallest absolute Gasteiger partial charge is 0.122 e. The lowest BCUT2D eigenvalue weighted by molar-refractivity contribution is 0.162. The zero-order valence-corrected chi connectivity index (χ0v) is 13.6. The molecule has 106 valence electrons. The van der Waals surface area contributed by atoms with Gasteiger partial charge < -0.3 is 5.11 Å². The fourth-order valence-corrected chi connectivity index (χ4v) is 3.91. The molecule has 1 heterocycles. The van der Waals surface area contributed by atoms with E-state index >= 15 is 0 Å². The van der Waals surface area contributed by atoms with Crippen molar-refractivity contribution in [3.8, 4) is 0 Å². The molecule has 1 aromatic heterocycles. The van der Waals surface area contributed by atoms with Crippen molar-refractivity contribution in [2.75, 3.05) is 0 Å². The average Bonchev–Trinajstić information content (AvgIpc) is 2.96. The number of thiazole rings is 1. The summed E-state index contributed by atoms with van der Waals surface area (Å²) in [7, 11) is 0. The second kappa shape index (κ2) is 6.52. The van der Waals surface area contributed by atoms with Crippen LogP contribution in [0.5, 0.6) is 0 Å². The van der Waals surface area contributed by atoms with Crippen molar-refractivity contribution in [2.45, 2.75) is 12.0 Å². The van der Waals surface area contributed by atoms with Crippen molar-refractivity contribution in [2.24, 2.45) is 0 Å². The third-order valence-corrected chi connectivity index (χ3v) is 5.24. The van der Waals surface area contributed by atoms with Crippen LogP contribution >= 0.6 is 27.3 Å². The number of aliphatic hydroxyl groups excluding tert-OH is 1. The van der Waals surface area contributed by atoms with Gasteiger partial charge in [0, 0.05) is 5.92 Å². The lowest BCUT2D eigenvalue weighted by atomic mass is 9.86. The summed E-state index contributed by atoms with van der Waals surface area (Å²) >= 11 is 4.89. The second-order valence-electron chi connectivity index (χ2n) is 4.75. The molecule has 0 radical (unpaired) electrons. The van der Waals surface area contributed by atoms with Crippen molar-refractivity contribution < 1.29 is 5.11 Å². The van der Waals surface area contributed by atoms with Crippen molar-refractivity contribution >= 4 is 27.3 Å². The largest absolute Gasteiger partial charge is 0.386 e. The van der Waals surface area contributed by atoms with Crippen LogP contribution in [0.25, 0.3) is 0 Å². The van der Waals surface area contributed by atoms with Crippen molar-refractivity contribution in [1.29, 1.82) is 0 Å². The first kappa shape index (κ1) is 14.4. The zero-order valence-electron chi connectivity index (χ0n) is 11.2. The SMILES string of the molecule is OC(c1scnc1Br)C(c1ccccc1)c1ccccc1. The van der Waals surface area contributed by atoms with Gasteiger partial charge in [-0.2, -0.15) is 0 Å². The molecule has 1 N–H and O–H groups in total. The third kappa shape index (κ3) is 3.07. The Morgan fingerprint density at radius 1 is 0.905 bits per heavy atom. The lowest BCUT2D eigenvalue weighted by Crippen LogP contribution is -2.12. The normalized spacial score (nSPS) is 12.5. The number of halogens is 1. The van der Waals surface area contributed by atoms with E-state index in [1.54, 1.807) is 5.51 Å². The number of benzene rings is 2. The molecule has 0 aliphatic rings. The van der Waals surface area contributed by atoms with Gasteiger partial charge in [0.1, 0.15) is 10.7 Å². The van der Waals surface area contributed by atoms with Gasteiger partial charge in [0.05, 0.1) is 10.4 Å². The summed E-state index contributed by atoms with van der Waals surface area (Å²) in [4.78, 5) is 5.04. The Bertz CT molecular complexity index is 660. The third-order valence-electron chi connectivity index (χ3n) is 3.45. The number of aliphatic hydroxyl groups is 1. The molecule has 0 aliphatic carbocycles. The Balaban J connectivity index is 2.07. The lowest BCUT2D eigenvalue weighted by Gasteiger charge is -2.23. The summed E-state index contributed by atoms with van der Waals surface area (Å²) in [5, 5.41) is 10.9. The first-order valence-corrected chi connectivity index (χ1v) is 8.31. The van der Waals surface area contributed by atoms with Crippen LogP contribution in [-0.4, -0.2) is 10.1 Å². The first-order valence-electron chi connectivity index (χ1n) is 6.64. The maximum Gasteiger partial charge on any atom is 0.122 e.